The molecular formula is C68H42. The first kappa shape index (κ1) is 38.4. The van der Waals surface area contributed by atoms with Gasteiger partial charge >= 0.3 is 0 Å². The Labute approximate surface area is 394 Å². The van der Waals surface area contributed by atoms with Crippen LogP contribution in [0.1, 0.15) is 0 Å². The van der Waals surface area contributed by atoms with Gasteiger partial charge in [-0.25, -0.2) is 0 Å². The first-order chi connectivity index (χ1) is 33.7. The molecule has 0 fully saturated rings. The molecule has 0 heteroatoms. The van der Waals surface area contributed by atoms with Gasteiger partial charge < -0.3 is 0 Å². The Bertz CT molecular complexity index is 4330. The summed E-state index contributed by atoms with van der Waals surface area (Å²) in [4.78, 5) is 0. The van der Waals surface area contributed by atoms with E-state index < -0.39 is 0 Å². The van der Waals surface area contributed by atoms with Crippen molar-refractivity contribution in [3.8, 4) is 55.6 Å². The van der Waals surface area contributed by atoms with Crippen LogP contribution in [0.5, 0.6) is 0 Å². The van der Waals surface area contributed by atoms with Crippen molar-refractivity contribution in [3.63, 3.8) is 0 Å². The largest absolute Gasteiger partial charge is 0.0616 e. The number of fused-ring (bicyclic) bond motifs is 16. The molecule has 0 saturated carbocycles. The van der Waals surface area contributed by atoms with Crippen molar-refractivity contribution in [1.29, 1.82) is 0 Å². The van der Waals surface area contributed by atoms with Gasteiger partial charge in [0.15, 0.2) is 0 Å². The molecule has 0 aliphatic heterocycles. The normalized spacial score (nSPS) is 11.8. The molecule has 0 unspecified atom stereocenters. The molecule has 0 bridgehead atoms. The second kappa shape index (κ2) is 15.4. The molecule has 0 saturated heterocycles. The quantitative estimate of drug-likeness (QED) is 0.151. The molecule has 68 heavy (non-hydrogen) atoms. The van der Waals surface area contributed by atoms with Crippen LogP contribution in [-0.4, -0.2) is 0 Å². The van der Waals surface area contributed by atoms with Gasteiger partial charge in [0, 0.05) is 0 Å². The molecule has 0 aliphatic rings. The van der Waals surface area contributed by atoms with Crippen LogP contribution in [0, 0.1) is 0 Å². The Morgan fingerprint density at radius 2 is 0.368 bits per heavy atom. The van der Waals surface area contributed by atoms with Gasteiger partial charge in [0.25, 0.3) is 0 Å². The molecule has 14 aromatic rings. The van der Waals surface area contributed by atoms with Crippen LogP contribution in [0.3, 0.4) is 0 Å². The topological polar surface area (TPSA) is 0 Å². The minimum absolute atomic E-state index is 1.20. The smallest absolute Gasteiger partial charge is 0.00199 e. The van der Waals surface area contributed by atoms with Crippen molar-refractivity contribution in [2.75, 3.05) is 0 Å². The summed E-state index contributed by atoms with van der Waals surface area (Å²) in [7, 11) is 0. The third-order valence-corrected chi connectivity index (χ3v) is 14.6. The summed E-state index contributed by atoms with van der Waals surface area (Å²) >= 11 is 0. The highest BCUT2D eigenvalue weighted by atomic mass is 14.2. The van der Waals surface area contributed by atoms with E-state index in [-0.39, 0.29) is 0 Å². The van der Waals surface area contributed by atoms with Crippen LogP contribution < -0.4 is 0 Å². The summed E-state index contributed by atoms with van der Waals surface area (Å²) in [5, 5.41) is 20.8. The van der Waals surface area contributed by atoms with Crippen LogP contribution >= 0.6 is 0 Å². The van der Waals surface area contributed by atoms with Crippen molar-refractivity contribution in [2.24, 2.45) is 0 Å². The van der Waals surface area contributed by atoms with Crippen LogP contribution in [0.2, 0.25) is 0 Å². The van der Waals surface area contributed by atoms with E-state index in [1.807, 2.05) is 0 Å². The predicted octanol–water partition coefficient (Wildman–Crippen LogP) is 19.2. The zero-order chi connectivity index (χ0) is 44.7. The number of benzene rings is 14. The minimum atomic E-state index is 1.20. The van der Waals surface area contributed by atoms with Gasteiger partial charge in [-0.1, -0.05) is 237 Å². The lowest BCUT2D eigenvalue weighted by Crippen LogP contribution is -1.89. The molecule has 0 atom stereocenters. The van der Waals surface area contributed by atoms with Gasteiger partial charge in [-0.15, -0.1) is 0 Å². The summed E-state index contributed by atoms with van der Waals surface area (Å²) in [6.07, 6.45) is 0. The van der Waals surface area contributed by atoms with Crippen molar-refractivity contribution in [2.45, 2.75) is 0 Å². The maximum Gasteiger partial charge on any atom is -0.00199 e. The van der Waals surface area contributed by atoms with Gasteiger partial charge in [-0.3, -0.25) is 0 Å². The molecule has 0 N–H and O–H groups in total. The number of hydrogen-bond acceptors (Lipinski definition) is 0. The summed E-state index contributed by atoms with van der Waals surface area (Å²) < 4.78 is 0. The molecule has 0 heterocycles. The minimum Gasteiger partial charge on any atom is -0.0616 e. The molecule has 0 aromatic heterocycles. The summed E-state index contributed by atoms with van der Waals surface area (Å²) in [6, 6.07) is 94.4. The van der Waals surface area contributed by atoms with Crippen molar-refractivity contribution >= 4 is 86.2 Å². The van der Waals surface area contributed by atoms with E-state index in [1.54, 1.807) is 0 Å². The first-order valence-corrected chi connectivity index (χ1v) is 23.7. The zero-order valence-electron chi connectivity index (χ0n) is 37.2. The van der Waals surface area contributed by atoms with E-state index in [0.29, 0.717) is 0 Å². The van der Waals surface area contributed by atoms with Gasteiger partial charge in [-0.2, -0.15) is 0 Å². The fraction of sp³-hybridized carbons (Fsp3) is 0. The lowest BCUT2D eigenvalue weighted by atomic mass is 9.87. The van der Waals surface area contributed by atoms with Gasteiger partial charge in [0.05, 0.1) is 0 Å². The van der Waals surface area contributed by atoms with Crippen LogP contribution in [0.4, 0.5) is 0 Å². The van der Waals surface area contributed by atoms with Crippen molar-refractivity contribution < 1.29 is 0 Å². The molecule has 0 spiro atoms. The predicted molar refractivity (Wildman–Crippen MR) is 294 cm³/mol. The molecular weight excluding hydrogens is 817 g/mol. The summed E-state index contributed by atoms with van der Waals surface area (Å²) in [6.45, 7) is 0. The summed E-state index contributed by atoms with van der Waals surface area (Å²) in [5.74, 6) is 0. The van der Waals surface area contributed by atoms with Gasteiger partial charge in [0.2, 0.25) is 0 Å². The molecule has 0 amide bonds. The lowest BCUT2D eigenvalue weighted by molar-refractivity contribution is 1.57. The highest BCUT2D eigenvalue weighted by Crippen LogP contribution is 2.45. The van der Waals surface area contributed by atoms with E-state index in [0.717, 1.165) is 0 Å². The lowest BCUT2D eigenvalue weighted by Gasteiger charge is -2.16. The molecule has 314 valence electrons. The fourth-order valence-electron chi connectivity index (χ4n) is 11.4. The Hall–Kier alpha value is -8.84. The monoisotopic (exact) mass is 858 g/mol. The Morgan fingerprint density at radius 3 is 0.706 bits per heavy atom. The van der Waals surface area contributed by atoms with Crippen molar-refractivity contribution in [1.82, 2.24) is 0 Å². The second-order valence-corrected chi connectivity index (χ2v) is 18.3. The van der Waals surface area contributed by atoms with Crippen LogP contribution in [0.25, 0.3) is 142 Å². The molecule has 14 rings (SSSR count). The second-order valence-electron chi connectivity index (χ2n) is 18.3. The Morgan fingerprint density at radius 1 is 0.132 bits per heavy atom. The molecule has 0 nitrogen and oxygen atoms in total. The molecule has 0 aliphatic carbocycles. The number of hydrogen-bond donors (Lipinski definition) is 0. The standard InChI is InChI=1S/C68H42/c1-3-20-55-51(16-1)53-18-5-9-24-59(53)67-61-26-11-7-22-57(61)63(41-65(55)67)47-36-32-44(33-37-47)43-28-30-45(31-29-43)49-14-13-15-50(40-49)46-34-38-48(39-35-46)64-42-66-56-21-4-2-17-52(56)54-19-6-10-25-60(54)68(66)62-27-12-8-23-58(62)64/h1-42H. The highest BCUT2D eigenvalue weighted by Gasteiger charge is 2.17. The first-order valence-electron chi connectivity index (χ1n) is 23.7. The maximum atomic E-state index is 2.43. The molecule has 14 aromatic carbocycles. The zero-order valence-corrected chi connectivity index (χ0v) is 37.2. The van der Waals surface area contributed by atoms with E-state index in [1.165, 1.54) is 142 Å². The van der Waals surface area contributed by atoms with Crippen LogP contribution in [-0.2, 0) is 0 Å². The van der Waals surface area contributed by atoms with Gasteiger partial charge in [-0.05, 0) is 160 Å². The SMILES string of the molecule is c1cc(-c2ccc(-c3ccc(-c4cc5c6ccccc6c6ccccc6c5c5ccccc45)cc3)cc2)cc(-c2ccc(-c3cc4c5ccccc5c5ccccc5c4c4ccccc34)cc2)c1. The van der Waals surface area contributed by atoms with E-state index in [2.05, 4.69) is 255 Å². The maximum absolute atomic E-state index is 2.43. The van der Waals surface area contributed by atoms with E-state index in [9.17, 15) is 0 Å². The average molecular weight is 859 g/mol. The van der Waals surface area contributed by atoms with Crippen LogP contribution in [0.15, 0.2) is 255 Å². The Kier molecular flexibility index (Phi) is 8.69. The third kappa shape index (κ3) is 6.01. The molecule has 0 radical (unpaired) electrons. The summed E-state index contributed by atoms with van der Waals surface area (Å²) in [5.41, 5.74) is 12.2. The highest BCUT2D eigenvalue weighted by molar-refractivity contribution is 6.34. The van der Waals surface area contributed by atoms with Gasteiger partial charge in [0.1, 0.15) is 0 Å². The number of rotatable bonds is 5. The average Bonchev–Trinajstić information content (AvgIpc) is 3.42. The fourth-order valence-corrected chi connectivity index (χ4v) is 11.4. The third-order valence-electron chi connectivity index (χ3n) is 14.6. The van der Waals surface area contributed by atoms with E-state index >= 15 is 0 Å². The van der Waals surface area contributed by atoms with Crippen molar-refractivity contribution in [3.05, 3.63) is 255 Å². The Balaban J connectivity index is 0.774. The van der Waals surface area contributed by atoms with E-state index in [4.69, 9.17) is 0 Å².